The molecule has 25 heavy (non-hydrogen) atoms. The number of carbonyl (C=O) groups is 1. The van der Waals surface area contributed by atoms with Crippen molar-refractivity contribution in [3.05, 3.63) is 47.5 Å². The van der Waals surface area contributed by atoms with Crippen molar-refractivity contribution in [3.63, 3.8) is 0 Å². The van der Waals surface area contributed by atoms with Crippen molar-refractivity contribution in [2.45, 2.75) is 26.4 Å². The highest BCUT2D eigenvalue weighted by Crippen LogP contribution is 2.18. The van der Waals surface area contributed by atoms with E-state index in [1.54, 1.807) is 17.0 Å². The second-order valence-corrected chi connectivity index (χ2v) is 6.02. The van der Waals surface area contributed by atoms with Crippen molar-refractivity contribution in [3.8, 4) is 11.8 Å². The fraction of sp³-hybridized carbons (Fsp3) is 0.389. The van der Waals surface area contributed by atoms with E-state index in [0.717, 1.165) is 11.4 Å². The van der Waals surface area contributed by atoms with Crippen molar-refractivity contribution < 1.29 is 18.7 Å². The summed E-state index contributed by atoms with van der Waals surface area (Å²) in [6.45, 7) is 4.57. The molecular weight excluding hydrogens is 325 g/mol. The number of hydrogen-bond donors (Lipinski definition) is 0. The van der Waals surface area contributed by atoms with Crippen LogP contribution < -0.4 is 9.47 Å². The molecular formula is C18H20FN3O3. The summed E-state index contributed by atoms with van der Waals surface area (Å²) in [6, 6.07) is 8.23. The van der Waals surface area contributed by atoms with Gasteiger partial charge in [-0.05, 0) is 32.0 Å². The zero-order valence-corrected chi connectivity index (χ0v) is 14.2. The SMILES string of the molecule is Cc1cc(C)nc(OC2CCN(C(=O)COc3ccccc3F)C2)n1. The molecule has 132 valence electrons. The van der Waals surface area contributed by atoms with Gasteiger partial charge in [-0.2, -0.15) is 0 Å². The Balaban J connectivity index is 1.52. The summed E-state index contributed by atoms with van der Waals surface area (Å²) in [5.74, 6) is -0.605. The fourth-order valence-electron chi connectivity index (χ4n) is 2.74. The van der Waals surface area contributed by atoms with Gasteiger partial charge in [0.2, 0.25) is 0 Å². The number of halogens is 1. The van der Waals surface area contributed by atoms with Crippen LogP contribution >= 0.6 is 0 Å². The number of ether oxygens (including phenoxy) is 2. The van der Waals surface area contributed by atoms with Crippen molar-refractivity contribution in [1.29, 1.82) is 0 Å². The molecule has 1 aromatic heterocycles. The summed E-state index contributed by atoms with van der Waals surface area (Å²) < 4.78 is 24.5. The van der Waals surface area contributed by atoms with Crippen LogP contribution in [0.25, 0.3) is 0 Å². The molecule has 1 aliphatic heterocycles. The number of benzene rings is 1. The number of aromatic nitrogens is 2. The third kappa shape index (κ3) is 4.43. The molecule has 0 bridgehead atoms. The van der Waals surface area contributed by atoms with Gasteiger partial charge in [0.05, 0.1) is 6.54 Å². The number of hydrogen-bond acceptors (Lipinski definition) is 5. The van der Waals surface area contributed by atoms with Gasteiger partial charge in [-0.25, -0.2) is 14.4 Å². The quantitative estimate of drug-likeness (QED) is 0.832. The third-order valence-corrected chi connectivity index (χ3v) is 3.92. The lowest BCUT2D eigenvalue weighted by Crippen LogP contribution is -2.34. The van der Waals surface area contributed by atoms with Crippen LogP contribution in [0.15, 0.2) is 30.3 Å². The molecule has 1 atom stereocenters. The smallest absolute Gasteiger partial charge is 0.317 e. The van der Waals surface area contributed by atoms with Crippen LogP contribution in [0.2, 0.25) is 0 Å². The second kappa shape index (κ2) is 7.46. The fourth-order valence-corrected chi connectivity index (χ4v) is 2.74. The maximum Gasteiger partial charge on any atom is 0.317 e. The third-order valence-electron chi connectivity index (χ3n) is 3.92. The van der Waals surface area contributed by atoms with Crippen LogP contribution in [-0.4, -0.2) is 46.6 Å². The van der Waals surface area contributed by atoms with Crippen LogP contribution in [0.5, 0.6) is 11.8 Å². The maximum absolute atomic E-state index is 13.5. The summed E-state index contributed by atoms with van der Waals surface area (Å²) in [6.07, 6.45) is 0.542. The van der Waals surface area contributed by atoms with Crippen molar-refractivity contribution in [1.82, 2.24) is 14.9 Å². The topological polar surface area (TPSA) is 64.5 Å². The molecule has 3 rings (SSSR count). The Labute approximate surface area is 145 Å². The monoisotopic (exact) mass is 345 g/mol. The molecule has 0 radical (unpaired) electrons. The van der Waals surface area contributed by atoms with Crippen LogP contribution in [0.1, 0.15) is 17.8 Å². The molecule has 6 nitrogen and oxygen atoms in total. The van der Waals surface area contributed by atoms with Crippen LogP contribution in [-0.2, 0) is 4.79 Å². The zero-order chi connectivity index (χ0) is 17.8. The lowest BCUT2D eigenvalue weighted by molar-refractivity contribution is -0.132. The minimum atomic E-state index is -0.482. The van der Waals surface area contributed by atoms with Gasteiger partial charge >= 0.3 is 6.01 Å². The van der Waals surface area contributed by atoms with E-state index >= 15 is 0 Å². The molecule has 1 saturated heterocycles. The van der Waals surface area contributed by atoms with E-state index in [-0.39, 0.29) is 24.4 Å². The molecule has 0 aliphatic carbocycles. The first kappa shape index (κ1) is 17.1. The Morgan fingerprint density at radius 1 is 1.28 bits per heavy atom. The molecule has 0 spiro atoms. The molecule has 0 saturated carbocycles. The lowest BCUT2D eigenvalue weighted by atomic mass is 10.3. The first-order chi connectivity index (χ1) is 12.0. The number of rotatable bonds is 5. The number of aryl methyl sites for hydroxylation is 2. The number of para-hydroxylation sites is 1. The summed E-state index contributed by atoms with van der Waals surface area (Å²) in [5.41, 5.74) is 1.68. The summed E-state index contributed by atoms with van der Waals surface area (Å²) in [7, 11) is 0. The van der Waals surface area contributed by atoms with E-state index in [0.29, 0.717) is 25.5 Å². The highest BCUT2D eigenvalue weighted by molar-refractivity contribution is 5.78. The van der Waals surface area contributed by atoms with Crippen molar-refractivity contribution >= 4 is 5.91 Å². The van der Waals surface area contributed by atoms with Gasteiger partial charge in [0.1, 0.15) is 6.10 Å². The highest BCUT2D eigenvalue weighted by Gasteiger charge is 2.28. The molecule has 1 amide bonds. The number of likely N-dealkylation sites (tertiary alicyclic amines) is 1. The summed E-state index contributed by atoms with van der Waals surface area (Å²) >= 11 is 0. The van der Waals surface area contributed by atoms with E-state index < -0.39 is 5.82 Å². The van der Waals surface area contributed by atoms with Gasteiger partial charge in [0, 0.05) is 24.4 Å². The average molecular weight is 345 g/mol. The zero-order valence-electron chi connectivity index (χ0n) is 14.2. The van der Waals surface area contributed by atoms with E-state index in [2.05, 4.69) is 9.97 Å². The predicted octanol–water partition coefficient (Wildman–Crippen LogP) is 2.29. The van der Waals surface area contributed by atoms with Crippen molar-refractivity contribution in [2.24, 2.45) is 0 Å². The largest absolute Gasteiger partial charge is 0.481 e. The van der Waals surface area contributed by atoms with Gasteiger partial charge in [-0.1, -0.05) is 12.1 Å². The van der Waals surface area contributed by atoms with E-state index in [1.165, 1.54) is 12.1 Å². The van der Waals surface area contributed by atoms with Crippen LogP contribution in [0.3, 0.4) is 0 Å². The molecule has 1 unspecified atom stereocenters. The Morgan fingerprint density at radius 2 is 2.00 bits per heavy atom. The Hall–Kier alpha value is -2.70. The van der Waals surface area contributed by atoms with Crippen LogP contribution in [0.4, 0.5) is 4.39 Å². The highest BCUT2D eigenvalue weighted by atomic mass is 19.1. The van der Waals surface area contributed by atoms with Gasteiger partial charge in [0.15, 0.2) is 18.2 Å². The molecule has 7 heteroatoms. The average Bonchev–Trinajstić information content (AvgIpc) is 3.01. The van der Waals surface area contributed by atoms with E-state index in [1.807, 2.05) is 19.9 Å². The summed E-state index contributed by atoms with van der Waals surface area (Å²) in [4.78, 5) is 22.4. The first-order valence-corrected chi connectivity index (χ1v) is 8.15. The Morgan fingerprint density at radius 3 is 2.72 bits per heavy atom. The van der Waals surface area contributed by atoms with Gasteiger partial charge in [0.25, 0.3) is 5.91 Å². The Bertz CT molecular complexity index is 749. The lowest BCUT2D eigenvalue weighted by Gasteiger charge is -2.17. The van der Waals surface area contributed by atoms with Crippen LogP contribution in [0, 0.1) is 19.7 Å². The summed E-state index contributed by atoms with van der Waals surface area (Å²) in [5, 5.41) is 0. The standard InChI is InChI=1S/C18H20FN3O3/c1-12-9-13(2)21-18(20-12)25-14-7-8-22(10-14)17(23)11-24-16-6-4-3-5-15(16)19/h3-6,9,14H,7-8,10-11H2,1-2H3. The second-order valence-electron chi connectivity index (χ2n) is 6.02. The first-order valence-electron chi connectivity index (χ1n) is 8.15. The van der Waals surface area contributed by atoms with Gasteiger partial charge in [-0.15, -0.1) is 0 Å². The van der Waals surface area contributed by atoms with E-state index in [9.17, 15) is 9.18 Å². The maximum atomic E-state index is 13.5. The minimum Gasteiger partial charge on any atom is -0.481 e. The number of nitrogens with zero attached hydrogens (tertiary/aromatic N) is 3. The minimum absolute atomic E-state index is 0.0754. The molecule has 1 fully saturated rings. The molecule has 0 N–H and O–H groups in total. The van der Waals surface area contributed by atoms with Gasteiger partial charge < -0.3 is 14.4 Å². The number of amides is 1. The molecule has 2 heterocycles. The predicted molar refractivity (Wildman–Crippen MR) is 89.0 cm³/mol. The van der Waals surface area contributed by atoms with Crippen molar-refractivity contribution in [2.75, 3.05) is 19.7 Å². The van der Waals surface area contributed by atoms with Gasteiger partial charge in [-0.3, -0.25) is 4.79 Å². The normalized spacial score (nSPS) is 16.8. The molecule has 1 aromatic carbocycles. The number of carbonyl (C=O) groups excluding carboxylic acids is 1. The molecule has 1 aliphatic rings. The van der Waals surface area contributed by atoms with E-state index in [4.69, 9.17) is 9.47 Å². The Kier molecular flexibility index (Phi) is 5.11. The molecule has 2 aromatic rings.